The molecule has 5 heteroatoms. The van der Waals surface area contributed by atoms with Crippen molar-refractivity contribution in [3.8, 4) is 0 Å². The molecule has 1 amide bonds. The second-order valence-corrected chi connectivity index (χ2v) is 4.71. The van der Waals surface area contributed by atoms with Gasteiger partial charge in [0.1, 0.15) is 5.84 Å². The van der Waals surface area contributed by atoms with E-state index in [2.05, 4.69) is 16.0 Å². The fraction of sp³-hybridized carbons (Fsp3) is 0.125. The van der Waals surface area contributed by atoms with Crippen molar-refractivity contribution in [1.82, 2.24) is 5.43 Å². The maximum atomic E-state index is 11.6. The SMILES string of the molecule is O=C1CC/C(=N/Nc2ccccc2)N(c2ccccc2)N1. The van der Waals surface area contributed by atoms with Crippen molar-refractivity contribution in [2.45, 2.75) is 12.8 Å². The average molecular weight is 280 g/mol. The van der Waals surface area contributed by atoms with E-state index in [-0.39, 0.29) is 5.91 Å². The monoisotopic (exact) mass is 280 g/mol. The Labute approximate surface area is 123 Å². The zero-order chi connectivity index (χ0) is 14.5. The van der Waals surface area contributed by atoms with Gasteiger partial charge in [-0.25, -0.2) is 5.01 Å². The third kappa shape index (κ3) is 3.20. The zero-order valence-corrected chi connectivity index (χ0v) is 11.5. The summed E-state index contributed by atoms with van der Waals surface area (Å²) in [6.07, 6.45) is 1.04. The number of rotatable bonds is 3. The lowest BCUT2D eigenvalue weighted by atomic mass is 10.2. The Balaban J connectivity index is 1.83. The molecular formula is C16H16N4O. The van der Waals surface area contributed by atoms with E-state index < -0.39 is 0 Å². The number of carbonyl (C=O) groups excluding carboxylic acids is 1. The number of amidine groups is 1. The van der Waals surface area contributed by atoms with Crippen LogP contribution in [0.1, 0.15) is 12.8 Å². The number of hydrogen-bond donors (Lipinski definition) is 2. The minimum Gasteiger partial charge on any atom is -0.277 e. The summed E-state index contributed by atoms with van der Waals surface area (Å²) in [7, 11) is 0. The Morgan fingerprint density at radius 1 is 0.952 bits per heavy atom. The van der Waals surface area contributed by atoms with Crippen LogP contribution < -0.4 is 15.9 Å². The smallest absolute Gasteiger partial charge is 0.239 e. The topological polar surface area (TPSA) is 56.7 Å². The van der Waals surface area contributed by atoms with Gasteiger partial charge in [0.25, 0.3) is 0 Å². The number of nitrogens with zero attached hydrogens (tertiary/aromatic N) is 2. The Bertz CT molecular complexity index is 640. The zero-order valence-electron chi connectivity index (χ0n) is 11.5. The molecule has 0 atom stereocenters. The first-order chi connectivity index (χ1) is 10.3. The van der Waals surface area contributed by atoms with Crippen molar-refractivity contribution in [2.24, 2.45) is 5.10 Å². The quantitative estimate of drug-likeness (QED) is 0.850. The molecule has 1 aliphatic heterocycles. The molecule has 0 radical (unpaired) electrons. The van der Waals surface area contributed by atoms with E-state index >= 15 is 0 Å². The Hall–Kier alpha value is -2.82. The number of para-hydroxylation sites is 2. The number of nitrogens with one attached hydrogen (secondary N) is 2. The molecule has 106 valence electrons. The van der Waals surface area contributed by atoms with Gasteiger partial charge in [-0.1, -0.05) is 36.4 Å². The van der Waals surface area contributed by atoms with Crippen molar-refractivity contribution in [2.75, 3.05) is 10.4 Å². The van der Waals surface area contributed by atoms with Crippen molar-refractivity contribution < 1.29 is 4.79 Å². The lowest BCUT2D eigenvalue weighted by Gasteiger charge is -2.30. The lowest BCUT2D eigenvalue weighted by Crippen LogP contribution is -2.51. The van der Waals surface area contributed by atoms with Crippen LogP contribution in [0.5, 0.6) is 0 Å². The van der Waals surface area contributed by atoms with E-state index in [4.69, 9.17) is 0 Å². The number of amides is 1. The number of benzene rings is 2. The first kappa shape index (κ1) is 13.2. The van der Waals surface area contributed by atoms with Crippen LogP contribution >= 0.6 is 0 Å². The van der Waals surface area contributed by atoms with Gasteiger partial charge in [-0.3, -0.25) is 15.6 Å². The fourth-order valence-corrected chi connectivity index (χ4v) is 2.12. The van der Waals surface area contributed by atoms with Crippen LogP contribution in [-0.4, -0.2) is 11.7 Å². The highest BCUT2D eigenvalue weighted by atomic mass is 16.2. The highest BCUT2D eigenvalue weighted by molar-refractivity contribution is 6.04. The summed E-state index contributed by atoms with van der Waals surface area (Å²) < 4.78 is 0. The van der Waals surface area contributed by atoms with Gasteiger partial charge in [0, 0.05) is 12.8 Å². The second kappa shape index (κ2) is 6.09. The maximum Gasteiger partial charge on any atom is 0.239 e. The summed E-state index contributed by atoms with van der Waals surface area (Å²) in [5.41, 5.74) is 7.67. The molecule has 1 heterocycles. The van der Waals surface area contributed by atoms with E-state index in [0.29, 0.717) is 12.8 Å². The van der Waals surface area contributed by atoms with Crippen LogP contribution in [0.4, 0.5) is 11.4 Å². The molecule has 2 aromatic rings. The first-order valence-electron chi connectivity index (χ1n) is 6.85. The molecule has 1 saturated heterocycles. The number of anilines is 2. The van der Waals surface area contributed by atoms with E-state index in [9.17, 15) is 4.79 Å². The van der Waals surface area contributed by atoms with E-state index in [1.807, 2.05) is 60.7 Å². The van der Waals surface area contributed by atoms with Gasteiger partial charge in [-0.15, -0.1) is 0 Å². The summed E-state index contributed by atoms with van der Waals surface area (Å²) in [5.74, 6) is 0.780. The van der Waals surface area contributed by atoms with Crippen LogP contribution in [0.3, 0.4) is 0 Å². The van der Waals surface area contributed by atoms with Gasteiger partial charge in [0.05, 0.1) is 11.4 Å². The molecule has 0 saturated carbocycles. The Morgan fingerprint density at radius 3 is 2.33 bits per heavy atom. The third-order valence-corrected chi connectivity index (χ3v) is 3.17. The molecule has 0 aliphatic carbocycles. The Morgan fingerprint density at radius 2 is 1.62 bits per heavy atom. The normalized spacial score (nSPS) is 16.7. The summed E-state index contributed by atoms with van der Waals surface area (Å²) in [6.45, 7) is 0. The van der Waals surface area contributed by atoms with Crippen LogP contribution in [0.2, 0.25) is 0 Å². The summed E-state index contributed by atoms with van der Waals surface area (Å²) in [5, 5.41) is 6.15. The molecule has 2 N–H and O–H groups in total. The van der Waals surface area contributed by atoms with Crippen molar-refractivity contribution in [3.05, 3.63) is 60.7 Å². The Kier molecular flexibility index (Phi) is 3.82. The highest BCUT2D eigenvalue weighted by Crippen LogP contribution is 2.17. The predicted molar refractivity (Wildman–Crippen MR) is 83.8 cm³/mol. The molecule has 0 aromatic heterocycles. The van der Waals surface area contributed by atoms with Crippen LogP contribution in [0.15, 0.2) is 65.8 Å². The molecule has 0 unspecified atom stereocenters. The highest BCUT2D eigenvalue weighted by Gasteiger charge is 2.22. The standard InChI is InChI=1S/C16H16N4O/c21-16-12-11-15(18-17-13-7-3-1-4-8-13)20(19-16)14-9-5-2-6-10-14/h1-10,17H,11-12H2,(H,19,21)/b18-15-. The predicted octanol–water partition coefficient (Wildman–Crippen LogP) is 2.74. The van der Waals surface area contributed by atoms with Gasteiger partial charge in [-0.05, 0) is 24.3 Å². The number of hydrogen-bond acceptors (Lipinski definition) is 3. The molecule has 21 heavy (non-hydrogen) atoms. The third-order valence-electron chi connectivity index (χ3n) is 3.17. The number of carbonyl (C=O) groups is 1. The molecule has 1 fully saturated rings. The molecular weight excluding hydrogens is 264 g/mol. The maximum absolute atomic E-state index is 11.6. The molecule has 5 nitrogen and oxygen atoms in total. The second-order valence-electron chi connectivity index (χ2n) is 4.71. The van der Waals surface area contributed by atoms with E-state index in [0.717, 1.165) is 17.2 Å². The molecule has 2 aromatic carbocycles. The van der Waals surface area contributed by atoms with Crippen LogP contribution in [0, 0.1) is 0 Å². The summed E-state index contributed by atoms with van der Waals surface area (Å²) in [4.78, 5) is 11.6. The van der Waals surface area contributed by atoms with Gasteiger partial charge in [0.2, 0.25) is 5.91 Å². The number of hydrazine groups is 1. The molecule has 1 aliphatic rings. The molecule has 3 rings (SSSR count). The summed E-state index contributed by atoms with van der Waals surface area (Å²) >= 11 is 0. The van der Waals surface area contributed by atoms with Crippen molar-refractivity contribution >= 4 is 23.1 Å². The minimum atomic E-state index is -0.00230. The van der Waals surface area contributed by atoms with Crippen LogP contribution in [-0.2, 0) is 4.79 Å². The molecule has 0 spiro atoms. The van der Waals surface area contributed by atoms with Gasteiger partial charge >= 0.3 is 0 Å². The van der Waals surface area contributed by atoms with Gasteiger partial charge in [0.15, 0.2) is 0 Å². The summed E-state index contributed by atoms with van der Waals surface area (Å²) in [6, 6.07) is 19.4. The minimum absolute atomic E-state index is 0.00230. The van der Waals surface area contributed by atoms with Gasteiger partial charge in [-0.2, -0.15) is 5.10 Å². The van der Waals surface area contributed by atoms with Crippen molar-refractivity contribution in [1.29, 1.82) is 0 Å². The largest absolute Gasteiger partial charge is 0.277 e. The lowest BCUT2D eigenvalue weighted by molar-refractivity contribution is -0.121. The van der Waals surface area contributed by atoms with Gasteiger partial charge < -0.3 is 0 Å². The van der Waals surface area contributed by atoms with E-state index in [1.54, 1.807) is 5.01 Å². The van der Waals surface area contributed by atoms with Crippen molar-refractivity contribution in [3.63, 3.8) is 0 Å². The molecule has 0 bridgehead atoms. The first-order valence-corrected chi connectivity index (χ1v) is 6.85. The van der Waals surface area contributed by atoms with Crippen LogP contribution in [0.25, 0.3) is 0 Å². The fourth-order valence-electron chi connectivity index (χ4n) is 2.12. The average Bonchev–Trinajstić information content (AvgIpc) is 2.55. The number of hydrazone groups is 1. The van der Waals surface area contributed by atoms with E-state index in [1.165, 1.54) is 0 Å².